The van der Waals surface area contributed by atoms with E-state index in [9.17, 15) is 5.21 Å². The van der Waals surface area contributed by atoms with Crippen molar-refractivity contribution in [2.24, 2.45) is 0 Å². The van der Waals surface area contributed by atoms with Crippen LogP contribution < -0.4 is 4.73 Å². The summed E-state index contributed by atoms with van der Waals surface area (Å²) in [7, 11) is 0. The first-order valence-corrected chi connectivity index (χ1v) is 22.1. The molecule has 1 saturated heterocycles. The zero-order valence-electron chi connectivity index (χ0n) is 35.7. The molecule has 0 radical (unpaired) electrons. The van der Waals surface area contributed by atoms with Gasteiger partial charge in [0.2, 0.25) is 0 Å². The lowest BCUT2D eigenvalue weighted by Gasteiger charge is -2.01. The van der Waals surface area contributed by atoms with Gasteiger partial charge in [0.05, 0.1) is 0 Å². The summed E-state index contributed by atoms with van der Waals surface area (Å²) < 4.78 is 6.84. The fraction of sp³-hybridized carbons (Fsp3) is 0.151. The van der Waals surface area contributed by atoms with Gasteiger partial charge in [-0.15, -0.1) is 0 Å². The number of nitrogens with zero attached hydrogens (tertiary/aromatic N) is 5. The van der Waals surface area contributed by atoms with Crippen molar-refractivity contribution in [1.29, 1.82) is 0 Å². The monoisotopic (exact) mass is 935 g/mol. The minimum atomic E-state index is 0.580. The van der Waals surface area contributed by atoms with Crippen molar-refractivity contribution in [1.82, 2.24) is 19.9 Å². The fourth-order valence-electron chi connectivity index (χ4n) is 6.86. The predicted molar refractivity (Wildman–Crippen MR) is 267 cm³/mol. The number of rotatable bonds is 0. The van der Waals surface area contributed by atoms with Crippen LogP contribution in [0.1, 0.15) is 35.1 Å². The minimum absolute atomic E-state index is 0.580. The molecule has 0 atom stereocenters. The van der Waals surface area contributed by atoms with Crippen molar-refractivity contribution in [2.45, 2.75) is 40.5 Å². The Morgan fingerprint density at radius 2 is 0.857 bits per heavy atom. The molecule has 0 amide bonds. The number of hydrogen-bond donors (Lipinski definition) is 0. The average Bonchev–Trinajstić information content (AvgIpc) is 3.92. The predicted octanol–water partition coefficient (Wildman–Crippen LogP) is 14.5. The van der Waals surface area contributed by atoms with E-state index in [4.69, 9.17) is 27.9 Å². The standard InChI is InChI=1S/2C10H8ClN.C10H9NO.C10H9N.C9H6BrN.C4H8O/c2*1-7-6-12-10(11)9-5-3-2-4-8(7)9;1-8-6-11(12)7-9-4-2-3-5-10(8)9;1-8-6-11-7-9-4-2-3-5-10(8)9;10-9-6-11-5-7-3-1-2-4-8(7)9;1-2-4-5-3-1/h2*2-6H,1H3;2-7H,1H3;2-7H,1H3;1-6H;1-4H2. The maximum atomic E-state index is 11.0. The summed E-state index contributed by atoms with van der Waals surface area (Å²) in [6.45, 7) is 10.1. The molecule has 318 valence electrons. The van der Waals surface area contributed by atoms with Crippen LogP contribution in [0.2, 0.25) is 10.3 Å². The highest BCUT2D eigenvalue weighted by Gasteiger charge is 2.03. The second-order valence-corrected chi connectivity index (χ2v) is 16.4. The third-order valence-corrected chi connectivity index (χ3v) is 11.4. The van der Waals surface area contributed by atoms with E-state index in [1.807, 2.05) is 130 Å². The first-order chi connectivity index (χ1) is 30.6. The Kier molecular flexibility index (Phi) is 17.3. The molecule has 0 aliphatic carbocycles. The molecule has 0 N–H and O–H groups in total. The van der Waals surface area contributed by atoms with Gasteiger partial charge in [0.1, 0.15) is 10.3 Å². The van der Waals surface area contributed by atoms with Crippen molar-refractivity contribution in [3.05, 3.63) is 213 Å². The molecule has 6 heterocycles. The van der Waals surface area contributed by atoms with Gasteiger partial charge in [-0.3, -0.25) is 9.97 Å². The molecule has 10 aromatic rings. The second-order valence-electron chi connectivity index (χ2n) is 14.8. The summed E-state index contributed by atoms with van der Waals surface area (Å²) in [5.74, 6) is 0. The van der Waals surface area contributed by atoms with Crippen molar-refractivity contribution in [2.75, 3.05) is 13.2 Å². The maximum absolute atomic E-state index is 11.0. The summed E-state index contributed by atoms with van der Waals surface area (Å²) in [6.07, 6.45) is 16.8. The number of ether oxygens (including phenoxy) is 1. The van der Waals surface area contributed by atoms with E-state index >= 15 is 0 Å². The van der Waals surface area contributed by atoms with Crippen LogP contribution in [0.3, 0.4) is 0 Å². The molecule has 7 nitrogen and oxygen atoms in total. The third-order valence-electron chi connectivity index (χ3n) is 10.2. The van der Waals surface area contributed by atoms with E-state index in [1.54, 1.807) is 24.8 Å². The molecule has 1 aliphatic heterocycles. The van der Waals surface area contributed by atoms with E-state index < -0.39 is 0 Å². The van der Waals surface area contributed by atoms with Gasteiger partial charge >= 0.3 is 0 Å². The number of pyridine rings is 5. The van der Waals surface area contributed by atoms with Crippen LogP contribution in [-0.2, 0) is 4.74 Å². The number of hydrogen-bond acceptors (Lipinski definition) is 6. The zero-order chi connectivity index (χ0) is 44.6. The van der Waals surface area contributed by atoms with Crippen LogP contribution in [0, 0.1) is 32.9 Å². The highest BCUT2D eigenvalue weighted by Crippen LogP contribution is 2.25. The van der Waals surface area contributed by atoms with Gasteiger partial charge in [0.15, 0.2) is 12.4 Å². The molecule has 0 unspecified atom stereocenters. The van der Waals surface area contributed by atoms with Gasteiger partial charge in [-0.1, -0.05) is 138 Å². The average molecular weight is 938 g/mol. The largest absolute Gasteiger partial charge is 0.619 e. The van der Waals surface area contributed by atoms with Gasteiger partial charge in [-0.25, -0.2) is 9.97 Å². The van der Waals surface area contributed by atoms with Gasteiger partial charge in [-0.05, 0) is 106 Å². The molecular formula is C53H48BrCl2N5O2. The molecule has 1 fully saturated rings. The molecule has 11 rings (SSSR count). The highest BCUT2D eigenvalue weighted by molar-refractivity contribution is 9.10. The van der Waals surface area contributed by atoms with Crippen molar-refractivity contribution >= 4 is 93.0 Å². The summed E-state index contributed by atoms with van der Waals surface area (Å²) in [4.78, 5) is 16.3. The molecule has 5 aromatic heterocycles. The first-order valence-electron chi connectivity index (χ1n) is 20.5. The second kappa shape index (κ2) is 23.4. The zero-order valence-corrected chi connectivity index (χ0v) is 38.8. The lowest BCUT2D eigenvalue weighted by molar-refractivity contribution is -0.604. The Balaban J connectivity index is 0.000000127. The van der Waals surface area contributed by atoms with E-state index in [-0.39, 0.29) is 0 Å². The number of benzene rings is 5. The fourth-order valence-corrected chi connectivity index (χ4v) is 7.77. The Labute approximate surface area is 387 Å². The van der Waals surface area contributed by atoms with Gasteiger partial charge in [0, 0.05) is 87.4 Å². The van der Waals surface area contributed by atoms with E-state index in [1.165, 1.54) is 50.7 Å². The number of aryl methyl sites for hydroxylation is 4. The molecule has 0 bridgehead atoms. The molecule has 0 spiro atoms. The first kappa shape index (κ1) is 46.5. The maximum Gasteiger partial charge on any atom is 0.188 e. The topological polar surface area (TPSA) is 87.7 Å². The molecule has 5 aromatic carbocycles. The molecule has 1 aliphatic rings. The summed E-state index contributed by atoms with van der Waals surface area (Å²) in [5.41, 5.74) is 4.58. The Morgan fingerprint density at radius 1 is 0.460 bits per heavy atom. The van der Waals surface area contributed by atoms with E-state index in [0.29, 0.717) is 10.3 Å². The van der Waals surface area contributed by atoms with Crippen LogP contribution in [0.5, 0.6) is 0 Å². The lowest BCUT2D eigenvalue weighted by Crippen LogP contribution is -2.24. The van der Waals surface area contributed by atoms with E-state index in [0.717, 1.165) is 60.7 Å². The summed E-state index contributed by atoms with van der Waals surface area (Å²) in [5, 5.41) is 23.6. The Hall–Kier alpha value is -6.03. The van der Waals surface area contributed by atoms with Gasteiger partial charge < -0.3 is 9.94 Å². The van der Waals surface area contributed by atoms with E-state index in [2.05, 4.69) is 79.2 Å². The van der Waals surface area contributed by atoms with Crippen LogP contribution in [-0.4, -0.2) is 33.1 Å². The lowest BCUT2D eigenvalue weighted by atomic mass is 10.1. The molecule has 10 heteroatoms. The Morgan fingerprint density at radius 3 is 1.32 bits per heavy atom. The summed E-state index contributed by atoms with van der Waals surface area (Å²) >= 11 is 15.3. The molecule has 63 heavy (non-hydrogen) atoms. The highest BCUT2D eigenvalue weighted by atomic mass is 79.9. The molecular weight excluding hydrogens is 889 g/mol. The minimum Gasteiger partial charge on any atom is -0.619 e. The van der Waals surface area contributed by atoms with Crippen LogP contribution in [0.25, 0.3) is 53.9 Å². The number of fused-ring (bicyclic) bond motifs is 5. The third kappa shape index (κ3) is 13.0. The van der Waals surface area contributed by atoms with Crippen LogP contribution in [0.15, 0.2) is 175 Å². The normalized spacial score (nSPS) is 11.5. The van der Waals surface area contributed by atoms with Gasteiger partial charge in [-0.2, -0.15) is 4.73 Å². The van der Waals surface area contributed by atoms with Crippen molar-refractivity contribution in [3.8, 4) is 0 Å². The number of halogens is 3. The number of aromatic nitrogens is 5. The van der Waals surface area contributed by atoms with Crippen molar-refractivity contribution in [3.63, 3.8) is 0 Å². The van der Waals surface area contributed by atoms with Gasteiger partial charge in [0.25, 0.3) is 0 Å². The smallest absolute Gasteiger partial charge is 0.188 e. The van der Waals surface area contributed by atoms with Crippen molar-refractivity contribution < 1.29 is 9.47 Å². The Bertz CT molecular complexity index is 2810. The SMILES string of the molecule is Brc1cncc2ccccc12.C1CCOC1.Cc1c[n+]([O-])cc2ccccc12.Cc1cnc(Cl)c2ccccc12.Cc1cnc(Cl)c2ccccc12.Cc1cncc2ccccc12. The molecule has 0 saturated carbocycles. The van der Waals surface area contributed by atoms with Crippen LogP contribution in [0.4, 0.5) is 0 Å². The quantitative estimate of drug-likeness (QED) is 0.0855. The summed E-state index contributed by atoms with van der Waals surface area (Å²) in [6, 6.07) is 40.3. The van der Waals surface area contributed by atoms with Crippen LogP contribution >= 0.6 is 39.1 Å².